The van der Waals surface area contributed by atoms with Crippen LogP contribution in [0.3, 0.4) is 0 Å². The maximum Gasteiger partial charge on any atom is 0.278 e. The molecule has 0 aliphatic carbocycles. The number of para-hydroxylation sites is 1. The molecule has 0 unspecified atom stereocenters. The summed E-state index contributed by atoms with van der Waals surface area (Å²) in [6, 6.07) is 9.08. The van der Waals surface area contributed by atoms with Crippen molar-refractivity contribution in [1.82, 2.24) is 19.6 Å². The molecule has 0 aliphatic rings. The van der Waals surface area contributed by atoms with Crippen LogP contribution in [0.5, 0.6) is 0 Å². The van der Waals surface area contributed by atoms with Crippen molar-refractivity contribution < 1.29 is 9.59 Å². The highest BCUT2D eigenvalue weighted by Crippen LogP contribution is 2.19. The summed E-state index contributed by atoms with van der Waals surface area (Å²) in [7, 11) is 1.69. The molecule has 2 aromatic heterocycles. The number of hydrogen-bond donors (Lipinski definition) is 2. The van der Waals surface area contributed by atoms with Crippen LogP contribution in [0.1, 0.15) is 27.9 Å². The predicted molar refractivity (Wildman–Crippen MR) is 106 cm³/mol. The Labute approximate surface area is 163 Å². The van der Waals surface area contributed by atoms with Gasteiger partial charge >= 0.3 is 0 Å². The molecule has 0 spiro atoms. The molecule has 0 aliphatic heterocycles. The number of aromatic nitrogens is 4. The number of anilines is 2. The number of nitrogens with one attached hydrogen (secondary N) is 2. The average molecular weight is 464 g/mol. The fraction of sp³-hybridized carbons (Fsp3) is 0.176. The van der Waals surface area contributed by atoms with Crippen LogP contribution in [-0.2, 0) is 13.6 Å². The Morgan fingerprint density at radius 2 is 1.88 bits per heavy atom. The van der Waals surface area contributed by atoms with E-state index in [0.717, 1.165) is 3.57 Å². The van der Waals surface area contributed by atoms with Gasteiger partial charge in [-0.3, -0.25) is 19.0 Å². The molecule has 2 N–H and O–H groups in total. The topological polar surface area (TPSA) is 93.8 Å². The van der Waals surface area contributed by atoms with Gasteiger partial charge < -0.3 is 10.6 Å². The number of hydrogen-bond acceptors (Lipinski definition) is 4. The van der Waals surface area contributed by atoms with Gasteiger partial charge in [0.25, 0.3) is 11.8 Å². The number of amides is 2. The van der Waals surface area contributed by atoms with Crippen LogP contribution in [0.25, 0.3) is 0 Å². The van der Waals surface area contributed by atoms with Gasteiger partial charge in [-0.1, -0.05) is 18.2 Å². The molecule has 0 radical (unpaired) electrons. The van der Waals surface area contributed by atoms with Gasteiger partial charge in [0.1, 0.15) is 5.69 Å². The number of rotatable bonds is 5. The van der Waals surface area contributed by atoms with Gasteiger partial charge in [-0.15, -0.1) is 0 Å². The van der Waals surface area contributed by atoms with Gasteiger partial charge in [0.05, 0.1) is 15.5 Å². The Morgan fingerprint density at radius 1 is 1.15 bits per heavy atom. The van der Waals surface area contributed by atoms with E-state index in [1.165, 1.54) is 4.68 Å². The van der Waals surface area contributed by atoms with E-state index in [1.807, 2.05) is 47.7 Å². The maximum absolute atomic E-state index is 12.6. The highest BCUT2D eigenvalue weighted by atomic mass is 127. The number of carbonyl (C=O) groups is 2. The van der Waals surface area contributed by atoms with E-state index in [1.54, 1.807) is 36.3 Å². The Morgan fingerprint density at radius 3 is 2.50 bits per heavy atom. The van der Waals surface area contributed by atoms with Crippen LogP contribution >= 0.6 is 22.6 Å². The summed E-state index contributed by atoms with van der Waals surface area (Å²) in [5.41, 5.74) is 1.58. The van der Waals surface area contributed by atoms with Crippen LogP contribution in [0.2, 0.25) is 0 Å². The van der Waals surface area contributed by atoms with Crippen molar-refractivity contribution in [3.05, 3.63) is 57.7 Å². The highest BCUT2D eigenvalue weighted by molar-refractivity contribution is 14.1. The van der Waals surface area contributed by atoms with E-state index in [2.05, 4.69) is 20.8 Å². The Bertz CT molecular complexity index is 928. The lowest BCUT2D eigenvalue weighted by Gasteiger charge is -2.07. The standard InChI is InChI=1S/C17H17IN6O2/c1-3-24-10-13(21-17(26)15-12(18)9-19-23(15)2)14(22-24)16(25)20-11-7-5-4-6-8-11/h4-10H,3H2,1-2H3,(H,20,25)(H,21,26). The van der Waals surface area contributed by atoms with Gasteiger partial charge in [0.15, 0.2) is 5.69 Å². The first kappa shape index (κ1) is 18.1. The maximum atomic E-state index is 12.6. The first-order valence-corrected chi connectivity index (χ1v) is 9.00. The Balaban J connectivity index is 1.86. The summed E-state index contributed by atoms with van der Waals surface area (Å²) in [5, 5.41) is 13.9. The molecule has 0 fully saturated rings. The number of halogens is 1. The summed E-state index contributed by atoms with van der Waals surface area (Å²) < 4.78 is 3.81. The summed E-state index contributed by atoms with van der Waals surface area (Å²) in [6.07, 6.45) is 3.25. The zero-order chi connectivity index (χ0) is 18.7. The highest BCUT2D eigenvalue weighted by Gasteiger charge is 2.22. The summed E-state index contributed by atoms with van der Waals surface area (Å²) >= 11 is 2.04. The molecule has 0 saturated heterocycles. The second kappa shape index (κ2) is 7.68. The SMILES string of the molecule is CCn1cc(NC(=O)c2c(I)cnn2C)c(C(=O)Nc2ccccc2)n1. The van der Waals surface area contributed by atoms with Crippen molar-refractivity contribution in [2.24, 2.45) is 7.05 Å². The van der Waals surface area contributed by atoms with Gasteiger partial charge in [-0.25, -0.2) is 0 Å². The lowest BCUT2D eigenvalue weighted by Crippen LogP contribution is -2.20. The second-order valence-electron chi connectivity index (χ2n) is 5.49. The van der Waals surface area contributed by atoms with Gasteiger partial charge in [0.2, 0.25) is 0 Å². The summed E-state index contributed by atoms with van der Waals surface area (Å²) in [5.74, 6) is -0.739. The van der Waals surface area contributed by atoms with Crippen molar-refractivity contribution in [2.75, 3.05) is 10.6 Å². The van der Waals surface area contributed by atoms with Crippen LogP contribution in [0.4, 0.5) is 11.4 Å². The molecule has 0 bridgehead atoms. The molecule has 1 aromatic carbocycles. The number of carbonyl (C=O) groups excluding carboxylic acids is 2. The van der Waals surface area contributed by atoms with Crippen molar-refractivity contribution in [2.45, 2.75) is 13.5 Å². The van der Waals surface area contributed by atoms with Crippen LogP contribution in [0, 0.1) is 3.57 Å². The molecule has 26 heavy (non-hydrogen) atoms. The van der Waals surface area contributed by atoms with E-state index in [9.17, 15) is 9.59 Å². The van der Waals surface area contributed by atoms with Crippen molar-refractivity contribution in [3.63, 3.8) is 0 Å². The van der Waals surface area contributed by atoms with E-state index in [0.29, 0.717) is 23.6 Å². The largest absolute Gasteiger partial charge is 0.321 e. The minimum atomic E-state index is -0.390. The molecular formula is C17H17IN6O2. The minimum absolute atomic E-state index is 0.154. The molecule has 8 nitrogen and oxygen atoms in total. The van der Waals surface area contributed by atoms with E-state index in [4.69, 9.17) is 0 Å². The number of nitrogens with zero attached hydrogens (tertiary/aromatic N) is 4. The lowest BCUT2D eigenvalue weighted by atomic mass is 10.3. The first-order chi connectivity index (χ1) is 12.5. The second-order valence-corrected chi connectivity index (χ2v) is 6.65. The first-order valence-electron chi connectivity index (χ1n) is 7.92. The molecule has 0 saturated carbocycles. The van der Waals surface area contributed by atoms with Crippen LogP contribution < -0.4 is 10.6 Å². The van der Waals surface area contributed by atoms with Crippen molar-refractivity contribution >= 4 is 45.8 Å². The van der Waals surface area contributed by atoms with E-state index < -0.39 is 5.91 Å². The monoisotopic (exact) mass is 464 g/mol. The molecule has 134 valence electrons. The normalized spacial score (nSPS) is 10.6. The van der Waals surface area contributed by atoms with Crippen molar-refractivity contribution in [3.8, 4) is 0 Å². The molecule has 0 atom stereocenters. The quantitative estimate of drug-likeness (QED) is 0.568. The van der Waals surface area contributed by atoms with Gasteiger partial charge in [-0.2, -0.15) is 10.2 Å². The fourth-order valence-corrected chi connectivity index (χ4v) is 3.12. The van der Waals surface area contributed by atoms with Crippen LogP contribution in [-0.4, -0.2) is 31.4 Å². The average Bonchev–Trinajstić information content (AvgIpc) is 3.18. The molecule has 2 heterocycles. The zero-order valence-electron chi connectivity index (χ0n) is 14.2. The minimum Gasteiger partial charge on any atom is -0.321 e. The van der Waals surface area contributed by atoms with Gasteiger partial charge in [-0.05, 0) is 41.6 Å². The van der Waals surface area contributed by atoms with Crippen molar-refractivity contribution in [1.29, 1.82) is 0 Å². The smallest absolute Gasteiger partial charge is 0.278 e. The lowest BCUT2D eigenvalue weighted by molar-refractivity contribution is 0.101. The molecule has 3 rings (SSSR count). The molecule has 3 aromatic rings. The molecule has 9 heteroatoms. The number of aryl methyl sites for hydroxylation is 2. The third-order valence-corrected chi connectivity index (χ3v) is 4.48. The molecule has 2 amide bonds. The van der Waals surface area contributed by atoms with E-state index >= 15 is 0 Å². The Kier molecular flexibility index (Phi) is 5.35. The van der Waals surface area contributed by atoms with E-state index in [-0.39, 0.29) is 11.6 Å². The number of benzene rings is 1. The predicted octanol–water partition coefficient (Wildman–Crippen LogP) is 2.75. The third kappa shape index (κ3) is 3.77. The third-order valence-electron chi connectivity index (χ3n) is 3.69. The Hall–Kier alpha value is -2.69. The summed E-state index contributed by atoms with van der Waals surface area (Å²) in [4.78, 5) is 25.2. The van der Waals surface area contributed by atoms with Gasteiger partial charge in [0, 0.05) is 25.5 Å². The van der Waals surface area contributed by atoms with Crippen LogP contribution in [0.15, 0.2) is 42.7 Å². The summed E-state index contributed by atoms with van der Waals surface area (Å²) in [6.45, 7) is 2.48. The fourth-order valence-electron chi connectivity index (χ4n) is 2.40. The molecular weight excluding hydrogens is 447 g/mol. The zero-order valence-corrected chi connectivity index (χ0v) is 16.4.